The van der Waals surface area contributed by atoms with Gasteiger partial charge in [0.25, 0.3) is 0 Å². The highest BCUT2D eigenvalue weighted by Gasteiger charge is 2.49. The van der Waals surface area contributed by atoms with Gasteiger partial charge in [-0.25, -0.2) is 0 Å². The second kappa shape index (κ2) is 2.75. The van der Waals surface area contributed by atoms with Crippen LogP contribution in [0.25, 0.3) is 0 Å². The summed E-state index contributed by atoms with van der Waals surface area (Å²) in [6, 6.07) is 0. The van der Waals surface area contributed by atoms with Gasteiger partial charge in [0, 0.05) is 0 Å². The van der Waals surface area contributed by atoms with E-state index in [4.69, 9.17) is 15.9 Å². The van der Waals surface area contributed by atoms with Gasteiger partial charge in [0.05, 0.1) is 5.41 Å². The fourth-order valence-corrected chi connectivity index (χ4v) is 0.489. The molecule has 0 unspecified atom stereocenters. The molecule has 0 aliphatic heterocycles. The number of aliphatic carboxylic acids is 2. The SMILES string of the molecule is CC(C)(C(=O)O)[C@](C)(N)C(=O)O. The standard InChI is InChI=1S/C7H13NO4/c1-6(2,4(9)10)7(3,8)5(11)12/h8H2,1-3H3,(H,9,10)(H,11,12)/t7-/m1/s1. The Morgan fingerprint density at radius 2 is 1.42 bits per heavy atom. The second-order valence-corrected chi connectivity index (χ2v) is 3.44. The minimum Gasteiger partial charge on any atom is -0.481 e. The molecule has 5 heteroatoms. The summed E-state index contributed by atoms with van der Waals surface area (Å²) in [4.78, 5) is 21.2. The molecule has 0 spiro atoms. The van der Waals surface area contributed by atoms with Crippen molar-refractivity contribution >= 4 is 11.9 Å². The highest BCUT2D eigenvalue weighted by Crippen LogP contribution is 2.28. The molecule has 0 heterocycles. The Kier molecular flexibility index (Phi) is 2.49. The molecule has 1 atom stereocenters. The predicted molar refractivity (Wildman–Crippen MR) is 41.6 cm³/mol. The maximum Gasteiger partial charge on any atom is 0.324 e. The molecule has 70 valence electrons. The van der Waals surface area contributed by atoms with Gasteiger partial charge in [-0.2, -0.15) is 0 Å². The maximum absolute atomic E-state index is 10.6. The van der Waals surface area contributed by atoms with E-state index in [9.17, 15) is 9.59 Å². The van der Waals surface area contributed by atoms with E-state index in [2.05, 4.69) is 0 Å². The van der Waals surface area contributed by atoms with Crippen LogP contribution >= 0.6 is 0 Å². The van der Waals surface area contributed by atoms with Crippen molar-refractivity contribution in [3.05, 3.63) is 0 Å². The average molecular weight is 175 g/mol. The van der Waals surface area contributed by atoms with E-state index in [-0.39, 0.29) is 0 Å². The first-order chi connectivity index (χ1) is 5.14. The van der Waals surface area contributed by atoms with Crippen molar-refractivity contribution < 1.29 is 19.8 Å². The van der Waals surface area contributed by atoms with Gasteiger partial charge >= 0.3 is 11.9 Å². The van der Waals surface area contributed by atoms with E-state index < -0.39 is 22.9 Å². The van der Waals surface area contributed by atoms with Gasteiger partial charge in [0.2, 0.25) is 0 Å². The highest BCUT2D eigenvalue weighted by molar-refractivity contribution is 5.88. The summed E-state index contributed by atoms with van der Waals surface area (Å²) in [5.74, 6) is -2.55. The Labute approximate surface area is 70.2 Å². The Morgan fingerprint density at radius 1 is 1.08 bits per heavy atom. The lowest BCUT2D eigenvalue weighted by molar-refractivity contribution is -0.161. The Morgan fingerprint density at radius 3 is 1.50 bits per heavy atom. The fourth-order valence-electron chi connectivity index (χ4n) is 0.489. The molecular formula is C7H13NO4. The molecular weight excluding hydrogens is 162 g/mol. The highest BCUT2D eigenvalue weighted by atomic mass is 16.4. The first-order valence-corrected chi connectivity index (χ1v) is 3.39. The Balaban J connectivity index is 5.01. The van der Waals surface area contributed by atoms with Crippen LogP contribution in [-0.2, 0) is 9.59 Å². The minimum absolute atomic E-state index is 1.18. The largest absolute Gasteiger partial charge is 0.481 e. The number of hydrogen-bond donors (Lipinski definition) is 3. The summed E-state index contributed by atoms with van der Waals surface area (Å²) < 4.78 is 0. The molecule has 0 saturated carbocycles. The molecule has 5 nitrogen and oxygen atoms in total. The van der Waals surface area contributed by atoms with Gasteiger partial charge in [0.15, 0.2) is 0 Å². The quantitative estimate of drug-likeness (QED) is 0.556. The van der Waals surface area contributed by atoms with E-state index in [1.807, 2.05) is 0 Å². The monoisotopic (exact) mass is 175 g/mol. The molecule has 0 aromatic carbocycles. The predicted octanol–water partition coefficient (Wildman–Crippen LogP) is -0.101. The van der Waals surface area contributed by atoms with Crippen LogP contribution < -0.4 is 5.73 Å². The van der Waals surface area contributed by atoms with Crippen molar-refractivity contribution in [2.75, 3.05) is 0 Å². The summed E-state index contributed by atoms with van der Waals surface area (Å²) in [5.41, 5.74) is 2.11. The summed E-state index contributed by atoms with van der Waals surface area (Å²) in [5, 5.41) is 17.3. The van der Waals surface area contributed by atoms with Crippen LogP contribution in [0.1, 0.15) is 20.8 Å². The summed E-state index contributed by atoms with van der Waals surface area (Å²) in [6.07, 6.45) is 0. The van der Waals surface area contributed by atoms with Gasteiger partial charge in [-0.3, -0.25) is 9.59 Å². The van der Waals surface area contributed by atoms with Crippen molar-refractivity contribution in [1.29, 1.82) is 0 Å². The normalized spacial score (nSPS) is 16.7. The fraction of sp³-hybridized carbons (Fsp3) is 0.714. The third kappa shape index (κ3) is 1.40. The summed E-state index contributed by atoms with van der Waals surface area (Å²) >= 11 is 0. The van der Waals surface area contributed by atoms with Gasteiger partial charge in [0.1, 0.15) is 5.54 Å². The minimum atomic E-state index is -1.77. The van der Waals surface area contributed by atoms with Crippen LogP contribution in [0.2, 0.25) is 0 Å². The zero-order valence-corrected chi connectivity index (χ0v) is 7.29. The van der Waals surface area contributed by atoms with Crippen molar-refractivity contribution in [3.8, 4) is 0 Å². The smallest absolute Gasteiger partial charge is 0.324 e. The molecule has 4 N–H and O–H groups in total. The van der Waals surface area contributed by atoms with Gasteiger partial charge in [-0.05, 0) is 20.8 Å². The summed E-state index contributed by atoms with van der Waals surface area (Å²) in [7, 11) is 0. The number of hydrogen-bond acceptors (Lipinski definition) is 3. The van der Waals surface area contributed by atoms with Crippen molar-refractivity contribution in [2.24, 2.45) is 11.1 Å². The molecule has 0 rings (SSSR count). The van der Waals surface area contributed by atoms with Gasteiger partial charge < -0.3 is 15.9 Å². The van der Waals surface area contributed by atoms with Crippen LogP contribution in [0.4, 0.5) is 0 Å². The van der Waals surface area contributed by atoms with E-state index >= 15 is 0 Å². The molecule has 0 saturated heterocycles. The van der Waals surface area contributed by atoms with Crippen LogP contribution in [0.15, 0.2) is 0 Å². The first kappa shape index (κ1) is 10.9. The molecule has 0 aromatic rings. The van der Waals surface area contributed by atoms with Crippen LogP contribution in [0.3, 0.4) is 0 Å². The Hall–Kier alpha value is -1.10. The molecule has 0 aliphatic carbocycles. The van der Waals surface area contributed by atoms with Crippen molar-refractivity contribution in [1.82, 2.24) is 0 Å². The molecule has 12 heavy (non-hydrogen) atoms. The lowest BCUT2D eigenvalue weighted by Crippen LogP contribution is -2.59. The third-order valence-electron chi connectivity index (χ3n) is 2.28. The van der Waals surface area contributed by atoms with Crippen LogP contribution in [0.5, 0.6) is 0 Å². The van der Waals surface area contributed by atoms with E-state index in [0.717, 1.165) is 0 Å². The average Bonchev–Trinajstić information content (AvgIpc) is 1.86. The maximum atomic E-state index is 10.6. The van der Waals surface area contributed by atoms with Gasteiger partial charge in [-0.15, -0.1) is 0 Å². The van der Waals surface area contributed by atoms with Crippen molar-refractivity contribution in [3.63, 3.8) is 0 Å². The second-order valence-electron chi connectivity index (χ2n) is 3.44. The zero-order valence-electron chi connectivity index (χ0n) is 7.29. The topological polar surface area (TPSA) is 101 Å². The molecule has 0 aromatic heterocycles. The third-order valence-corrected chi connectivity index (χ3v) is 2.28. The summed E-state index contributed by atoms with van der Waals surface area (Å²) in [6.45, 7) is 3.75. The van der Waals surface area contributed by atoms with Crippen LogP contribution in [-0.4, -0.2) is 27.7 Å². The van der Waals surface area contributed by atoms with Crippen LogP contribution in [0, 0.1) is 5.41 Å². The van der Waals surface area contributed by atoms with Gasteiger partial charge in [-0.1, -0.05) is 0 Å². The number of nitrogens with two attached hydrogens (primary N) is 1. The molecule has 0 radical (unpaired) electrons. The van der Waals surface area contributed by atoms with E-state index in [1.54, 1.807) is 0 Å². The molecule has 0 bridgehead atoms. The molecule has 0 amide bonds. The Bertz CT molecular complexity index is 195. The molecule has 0 aliphatic rings. The number of carbonyl (C=O) groups is 2. The number of rotatable bonds is 3. The zero-order chi connectivity index (χ0) is 10.2. The van der Waals surface area contributed by atoms with Crippen molar-refractivity contribution in [2.45, 2.75) is 26.3 Å². The number of carboxylic acids is 2. The first-order valence-electron chi connectivity index (χ1n) is 3.39. The lowest BCUT2D eigenvalue weighted by atomic mass is 9.74. The van der Waals surface area contributed by atoms with E-state index in [0.29, 0.717) is 0 Å². The lowest BCUT2D eigenvalue weighted by Gasteiger charge is -2.33. The van der Waals surface area contributed by atoms with E-state index in [1.165, 1.54) is 20.8 Å². The molecule has 0 fully saturated rings. The number of carboxylic acid groups (broad SMARTS) is 2.